The van der Waals surface area contributed by atoms with E-state index in [-0.39, 0.29) is 0 Å². The van der Waals surface area contributed by atoms with Gasteiger partial charge in [-0.1, -0.05) is 11.6 Å². The molecule has 1 heterocycles. The van der Waals surface area contributed by atoms with Gasteiger partial charge in [0.1, 0.15) is 12.1 Å². The number of rotatable bonds is 2. The van der Waals surface area contributed by atoms with E-state index in [0.29, 0.717) is 10.6 Å². The molecule has 0 fully saturated rings. The second-order valence-corrected chi connectivity index (χ2v) is 4.04. The molecule has 0 spiro atoms. The highest BCUT2D eigenvalue weighted by molar-refractivity contribution is 6.32. The number of hydrogen-bond acceptors (Lipinski definition) is 2. The third-order valence-electron chi connectivity index (χ3n) is 2.37. The van der Waals surface area contributed by atoms with Crippen LogP contribution in [0.25, 0.3) is 5.69 Å². The number of nitrogens with zero attached hydrogens (tertiary/aromatic N) is 2. The Balaban J connectivity index is 2.56. The van der Waals surface area contributed by atoms with Crippen molar-refractivity contribution in [2.24, 2.45) is 0 Å². The van der Waals surface area contributed by atoms with Gasteiger partial charge in [0.25, 0.3) is 0 Å². The van der Waals surface area contributed by atoms with Gasteiger partial charge >= 0.3 is 0 Å². The summed E-state index contributed by atoms with van der Waals surface area (Å²) in [7, 11) is 0. The molecule has 0 saturated carbocycles. The summed E-state index contributed by atoms with van der Waals surface area (Å²) in [6, 6.07) is 5.21. The van der Waals surface area contributed by atoms with Crippen LogP contribution in [0, 0.1) is 13.8 Å². The molecule has 16 heavy (non-hydrogen) atoms. The Hall–Kier alpha value is -1.61. The summed E-state index contributed by atoms with van der Waals surface area (Å²) in [6.45, 7) is 3.84. The minimum Gasteiger partial charge on any atom is -0.302 e. The smallest absolute Gasteiger partial charge is 0.150 e. The first-order chi connectivity index (χ1) is 7.61. The second-order valence-electron chi connectivity index (χ2n) is 3.63. The van der Waals surface area contributed by atoms with Crippen LogP contribution in [-0.4, -0.2) is 15.8 Å². The maximum atomic E-state index is 10.6. The van der Waals surface area contributed by atoms with Crippen molar-refractivity contribution in [3.05, 3.63) is 46.5 Å². The van der Waals surface area contributed by atoms with Crippen LogP contribution in [0.5, 0.6) is 0 Å². The van der Waals surface area contributed by atoms with Crippen LogP contribution in [0.4, 0.5) is 0 Å². The third-order valence-corrected chi connectivity index (χ3v) is 2.67. The molecule has 2 rings (SSSR count). The summed E-state index contributed by atoms with van der Waals surface area (Å²) in [4.78, 5) is 14.9. The van der Waals surface area contributed by atoms with Crippen molar-refractivity contribution in [2.45, 2.75) is 13.8 Å². The van der Waals surface area contributed by atoms with Crippen LogP contribution < -0.4 is 0 Å². The highest BCUT2D eigenvalue weighted by atomic mass is 35.5. The summed E-state index contributed by atoms with van der Waals surface area (Å²) >= 11 is 6.12. The van der Waals surface area contributed by atoms with Crippen molar-refractivity contribution in [3.63, 3.8) is 0 Å². The molecule has 0 aliphatic carbocycles. The van der Waals surface area contributed by atoms with Crippen molar-refractivity contribution in [2.75, 3.05) is 0 Å². The molecule has 0 aliphatic rings. The molecule has 82 valence electrons. The Bertz CT molecular complexity index is 546. The standard InChI is InChI=1S/C12H11ClN2O/c1-8-6-15(9(2)14-8)12-4-3-10(7-16)5-11(12)13/h3-7H,1-2H3. The maximum absolute atomic E-state index is 10.6. The zero-order valence-corrected chi connectivity index (χ0v) is 9.82. The van der Waals surface area contributed by atoms with E-state index in [4.69, 9.17) is 11.6 Å². The molecule has 0 saturated heterocycles. The predicted octanol–water partition coefficient (Wildman–Crippen LogP) is 2.96. The molecular formula is C12H11ClN2O. The van der Waals surface area contributed by atoms with Crippen LogP contribution in [0.2, 0.25) is 5.02 Å². The molecule has 2 aromatic rings. The lowest BCUT2D eigenvalue weighted by Gasteiger charge is -2.07. The summed E-state index contributed by atoms with van der Waals surface area (Å²) in [5.41, 5.74) is 2.35. The van der Waals surface area contributed by atoms with E-state index in [1.54, 1.807) is 12.1 Å². The van der Waals surface area contributed by atoms with Crippen LogP contribution >= 0.6 is 11.6 Å². The van der Waals surface area contributed by atoms with Gasteiger partial charge in [0.05, 0.1) is 16.4 Å². The quantitative estimate of drug-likeness (QED) is 0.749. The van der Waals surface area contributed by atoms with E-state index in [9.17, 15) is 4.79 Å². The van der Waals surface area contributed by atoms with Crippen LogP contribution in [0.1, 0.15) is 21.9 Å². The van der Waals surface area contributed by atoms with Crippen molar-refractivity contribution in [3.8, 4) is 5.69 Å². The monoisotopic (exact) mass is 234 g/mol. The summed E-state index contributed by atoms with van der Waals surface area (Å²) in [5.74, 6) is 0.873. The fourth-order valence-corrected chi connectivity index (χ4v) is 1.93. The van der Waals surface area contributed by atoms with Crippen molar-refractivity contribution >= 4 is 17.9 Å². The van der Waals surface area contributed by atoms with Gasteiger partial charge in [-0.2, -0.15) is 0 Å². The zero-order valence-electron chi connectivity index (χ0n) is 9.07. The number of halogens is 1. The fraction of sp³-hybridized carbons (Fsp3) is 0.167. The van der Waals surface area contributed by atoms with Gasteiger partial charge in [0, 0.05) is 11.8 Å². The van der Waals surface area contributed by atoms with Crippen LogP contribution in [0.15, 0.2) is 24.4 Å². The number of carbonyl (C=O) groups excluding carboxylic acids is 1. The van der Waals surface area contributed by atoms with Gasteiger partial charge in [0.15, 0.2) is 0 Å². The summed E-state index contributed by atoms with van der Waals surface area (Å²) in [5, 5.41) is 0.546. The lowest BCUT2D eigenvalue weighted by Crippen LogP contribution is -1.97. The molecule has 0 atom stereocenters. The Morgan fingerprint density at radius 1 is 1.38 bits per heavy atom. The topological polar surface area (TPSA) is 34.9 Å². The van der Waals surface area contributed by atoms with E-state index in [2.05, 4.69) is 4.98 Å². The lowest BCUT2D eigenvalue weighted by molar-refractivity contribution is 0.112. The first-order valence-corrected chi connectivity index (χ1v) is 5.27. The molecule has 3 nitrogen and oxygen atoms in total. The van der Waals surface area contributed by atoms with E-state index in [0.717, 1.165) is 23.5 Å². The lowest BCUT2D eigenvalue weighted by atomic mass is 10.2. The minimum absolute atomic E-state index is 0.546. The molecule has 0 radical (unpaired) electrons. The fourth-order valence-electron chi connectivity index (χ4n) is 1.65. The van der Waals surface area contributed by atoms with Crippen LogP contribution in [0.3, 0.4) is 0 Å². The van der Waals surface area contributed by atoms with Crippen molar-refractivity contribution < 1.29 is 4.79 Å². The van der Waals surface area contributed by atoms with Crippen molar-refractivity contribution in [1.29, 1.82) is 0 Å². The number of aldehydes is 1. The van der Waals surface area contributed by atoms with Gasteiger partial charge in [0.2, 0.25) is 0 Å². The summed E-state index contributed by atoms with van der Waals surface area (Å²) < 4.78 is 1.91. The highest BCUT2D eigenvalue weighted by Crippen LogP contribution is 2.23. The van der Waals surface area contributed by atoms with E-state index in [1.165, 1.54) is 0 Å². The molecule has 4 heteroatoms. The Labute approximate surface area is 98.7 Å². The normalized spacial score (nSPS) is 10.4. The maximum Gasteiger partial charge on any atom is 0.150 e. The summed E-state index contributed by atoms with van der Waals surface area (Å²) in [6.07, 6.45) is 2.69. The van der Waals surface area contributed by atoms with E-state index >= 15 is 0 Å². The minimum atomic E-state index is 0.546. The SMILES string of the molecule is Cc1cn(-c2ccc(C=O)cc2Cl)c(C)n1. The number of imidazole rings is 1. The van der Waals surface area contributed by atoms with Gasteiger partial charge in [-0.25, -0.2) is 4.98 Å². The molecule has 0 bridgehead atoms. The molecule has 1 aromatic carbocycles. The third kappa shape index (κ3) is 1.86. The largest absolute Gasteiger partial charge is 0.302 e. The number of aryl methyl sites for hydroxylation is 2. The number of carbonyl (C=O) groups is 1. The Morgan fingerprint density at radius 2 is 2.12 bits per heavy atom. The molecular weight excluding hydrogens is 224 g/mol. The number of hydrogen-bond donors (Lipinski definition) is 0. The van der Waals surface area contributed by atoms with Crippen LogP contribution in [-0.2, 0) is 0 Å². The molecule has 0 amide bonds. The highest BCUT2D eigenvalue weighted by Gasteiger charge is 2.07. The zero-order chi connectivity index (χ0) is 11.7. The molecule has 0 N–H and O–H groups in total. The molecule has 1 aromatic heterocycles. The van der Waals surface area contributed by atoms with Gasteiger partial charge in [-0.3, -0.25) is 4.79 Å². The number of aromatic nitrogens is 2. The van der Waals surface area contributed by atoms with Gasteiger partial charge in [-0.15, -0.1) is 0 Å². The first kappa shape index (κ1) is 10.9. The molecule has 0 aliphatic heterocycles. The Morgan fingerprint density at radius 3 is 2.62 bits per heavy atom. The Kier molecular flexibility index (Phi) is 2.79. The van der Waals surface area contributed by atoms with Crippen molar-refractivity contribution in [1.82, 2.24) is 9.55 Å². The van der Waals surface area contributed by atoms with E-state index in [1.807, 2.05) is 30.7 Å². The predicted molar refractivity (Wildman–Crippen MR) is 63.4 cm³/mol. The average molecular weight is 235 g/mol. The van der Waals surface area contributed by atoms with E-state index < -0.39 is 0 Å². The second kappa shape index (κ2) is 4.10. The van der Waals surface area contributed by atoms with Gasteiger partial charge < -0.3 is 4.57 Å². The average Bonchev–Trinajstić information content (AvgIpc) is 2.57. The first-order valence-electron chi connectivity index (χ1n) is 4.89. The van der Waals surface area contributed by atoms with Gasteiger partial charge in [-0.05, 0) is 32.0 Å². The number of benzene rings is 1. The molecule has 0 unspecified atom stereocenters.